The van der Waals surface area contributed by atoms with Crippen LogP contribution in [0.4, 0.5) is 23.1 Å². The predicted octanol–water partition coefficient (Wildman–Crippen LogP) is 4.33. The Morgan fingerprint density at radius 3 is 2.73 bits per heavy atom. The number of aromatic amines is 1. The Morgan fingerprint density at radius 2 is 1.93 bits per heavy atom. The van der Waals surface area contributed by atoms with Crippen molar-refractivity contribution in [1.29, 1.82) is 0 Å². The molecule has 1 aromatic carbocycles. The minimum atomic E-state index is 0.429. The topological polar surface area (TPSA) is 91.0 Å². The van der Waals surface area contributed by atoms with E-state index in [1.165, 1.54) is 19.3 Å². The van der Waals surface area contributed by atoms with Crippen LogP contribution in [0.3, 0.4) is 0 Å². The van der Waals surface area contributed by atoms with Gasteiger partial charge in [0.1, 0.15) is 5.52 Å². The highest BCUT2D eigenvalue weighted by atomic mass is 35.5. The third-order valence-corrected chi connectivity index (χ3v) is 6.11. The minimum Gasteiger partial charge on any atom is -0.378 e. The summed E-state index contributed by atoms with van der Waals surface area (Å²) in [6, 6.07) is 6.44. The fourth-order valence-electron chi connectivity index (χ4n) is 4.18. The van der Waals surface area contributed by atoms with Crippen molar-refractivity contribution in [3.8, 4) is 0 Å². The Hall–Kier alpha value is -2.58. The van der Waals surface area contributed by atoms with Crippen LogP contribution in [0.2, 0.25) is 5.02 Å². The normalized spacial score (nSPS) is 18.0. The van der Waals surface area contributed by atoms with E-state index < -0.39 is 0 Å². The Labute approximate surface area is 180 Å². The fourth-order valence-corrected chi connectivity index (χ4v) is 4.40. The van der Waals surface area contributed by atoms with Crippen molar-refractivity contribution in [2.24, 2.45) is 0 Å². The number of ether oxygens (including phenoxy) is 1. The van der Waals surface area contributed by atoms with Gasteiger partial charge in [-0.1, -0.05) is 30.9 Å². The number of anilines is 4. The monoisotopic (exact) mass is 427 g/mol. The molecule has 1 aliphatic heterocycles. The molecular formula is C21H26ClN7O. The van der Waals surface area contributed by atoms with Gasteiger partial charge in [0.2, 0.25) is 5.95 Å². The third-order valence-electron chi connectivity index (χ3n) is 5.80. The molecule has 0 bridgehead atoms. The molecule has 5 rings (SSSR count). The maximum Gasteiger partial charge on any atom is 0.231 e. The third kappa shape index (κ3) is 4.15. The Bertz CT molecular complexity index is 1010. The van der Waals surface area contributed by atoms with Gasteiger partial charge in [-0.15, -0.1) is 0 Å². The highest BCUT2D eigenvalue weighted by Gasteiger charge is 2.18. The number of morpholine rings is 1. The molecule has 0 spiro atoms. The molecule has 1 aliphatic carbocycles. The van der Waals surface area contributed by atoms with Gasteiger partial charge in [-0.25, -0.2) is 4.98 Å². The lowest BCUT2D eigenvalue weighted by Crippen LogP contribution is -2.36. The van der Waals surface area contributed by atoms with E-state index in [1.54, 1.807) is 6.33 Å². The van der Waals surface area contributed by atoms with Gasteiger partial charge in [-0.2, -0.15) is 9.97 Å². The van der Waals surface area contributed by atoms with Crippen molar-refractivity contribution in [1.82, 2.24) is 19.9 Å². The van der Waals surface area contributed by atoms with E-state index in [2.05, 4.69) is 36.6 Å². The van der Waals surface area contributed by atoms with E-state index >= 15 is 0 Å². The highest BCUT2D eigenvalue weighted by Crippen LogP contribution is 2.31. The number of rotatable bonds is 5. The molecule has 2 aromatic heterocycles. The number of nitrogens with zero attached hydrogens (tertiary/aromatic N) is 4. The summed E-state index contributed by atoms with van der Waals surface area (Å²) in [7, 11) is 0. The first-order chi connectivity index (χ1) is 14.8. The lowest BCUT2D eigenvalue weighted by molar-refractivity contribution is 0.122. The summed E-state index contributed by atoms with van der Waals surface area (Å²) in [6.07, 6.45) is 7.79. The standard InChI is InChI=1S/C21H26ClN7O/c22-16-12-15(29-8-10-30-11-9-29)6-7-17(16)26-21-27-19-18(23-13-24-19)20(28-21)25-14-4-2-1-3-5-14/h6-7,12-14H,1-5,8-11H2,(H3,23,24,25,26,27,28). The van der Waals surface area contributed by atoms with Crippen LogP contribution >= 0.6 is 11.6 Å². The first kappa shape index (κ1) is 19.4. The summed E-state index contributed by atoms with van der Waals surface area (Å²) in [4.78, 5) is 19.1. The van der Waals surface area contributed by atoms with Gasteiger partial charge in [0, 0.05) is 24.8 Å². The van der Waals surface area contributed by atoms with Crippen LogP contribution in [0.25, 0.3) is 11.2 Å². The van der Waals surface area contributed by atoms with Gasteiger partial charge in [-0.3, -0.25) is 0 Å². The summed E-state index contributed by atoms with van der Waals surface area (Å²) in [5, 5.41) is 7.49. The van der Waals surface area contributed by atoms with Crippen LogP contribution in [0.5, 0.6) is 0 Å². The van der Waals surface area contributed by atoms with E-state index in [0.717, 1.165) is 61.9 Å². The molecule has 9 heteroatoms. The zero-order valence-corrected chi connectivity index (χ0v) is 17.6. The average Bonchev–Trinajstić information content (AvgIpc) is 3.26. The first-order valence-electron chi connectivity index (χ1n) is 10.6. The average molecular weight is 428 g/mol. The molecule has 0 unspecified atom stereocenters. The van der Waals surface area contributed by atoms with Gasteiger partial charge in [0.05, 0.1) is 30.3 Å². The Balaban J connectivity index is 1.38. The molecule has 0 radical (unpaired) electrons. The van der Waals surface area contributed by atoms with Crippen molar-refractivity contribution < 1.29 is 4.74 Å². The minimum absolute atomic E-state index is 0.429. The van der Waals surface area contributed by atoms with Crippen LogP contribution in [0.1, 0.15) is 32.1 Å². The fraction of sp³-hybridized carbons (Fsp3) is 0.476. The molecule has 0 amide bonds. The molecule has 2 fully saturated rings. The van der Waals surface area contributed by atoms with Crippen LogP contribution in [-0.2, 0) is 4.74 Å². The summed E-state index contributed by atoms with van der Waals surface area (Å²) in [6.45, 7) is 3.23. The number of aromatic nitrogens is 4. The van der Waals surface area contributed by atoms with E-state index in [9.17, 15) is 0 Å². The number of fused-ring (bicyclic) bond motifs is 1. The van der Waals surface area contributed by atoms with Crippen LogP contribution in [0, 0.1) is 0 Å². The van der Waals surface area contributed by atoms with E-state index in [-0.39, 0.29) is 0 Å². The Kier molecular flexibility index (Phi) is 5.59. The van der Waals surface area contributed by atoms with Gasteiger partial charge in [0.25, 0.3) is 0 Å². The summed E-state index contributed by atoms with van der Waals surface area (Å²) < 4.78 is 5.43. The molecular weight excluding hydrogens is 402 g/mol. The lowest BCUT2D eigenvalue weighted by atomic mass is 9.95. The molecule has 1 saturated heterocycles. The number of nitrogens with one attached hydrogen (secondary N) is 3. The largest absolute Gasteiger partial charge is 0.378 e. The quantitative estimate of drug-likeness (QED) is 0.558. The van der Waals surface area contributed by atoms with Gasteiger partial charge < -0.3 is 25.3 Å². The molecule has 8 nitrogen and oxygen atoms in total. The molecule has 3 heterocycles. The first-order valence-corrected chi connectivity index (χ1v) is 11.0. The molecule has 0 atom stereocenters. The molecule has 3 N–H and O–H groups in total. The Morgan fingerprint density at radius 1 is 1.10 bits per heavy atom. The second kappa shape index (κ2) is 8.65. The van der Waals surface area contributed by atoms with Gasteiger partial charge in [0.15, 0.2) is 11.5 Å². The number of hydrogen-bond acceptors (Lipinski definition) is 7. The number of benzene rings is 1. The second-order valence-electron chi connectivity index (χ2n) is 7.86. The van der Waals surface area contributed by atoms with Gasteiger partial charge >= 0.3 is 0 Å². The number of imidazole rings is 1. The summed E-state index contributed by atoms with van der Waals surface area (Å²) >= 11 is 6.58. The number of halogens is 1. The molecule has 2 aliphatic rings. The van der Waals surface area contributed by atoms with Crippen molar-refractivity contribution in [3.05, 3.63) is 29.5 Å². The van der Waals surface area contributed by atoms with E-state index in [4.69, 9.17) is 21.3 Å². The predicted molar refractivity (Wildman–Crippen MR) is 120 cm³/mol. The van der Waals surface area contributed by atoms with Crippen molar-refractivity contribution >= 4 is 45.9 Å². The number of hydrogen-bond donors (Lipinski definition) is 3. The zero-order chi connectivity index (χ0) is 20.3. The number of H-pyrrole nitrogens is 1. The van der Waals surface area contributed by atoms with Crippen molar-refractivity contribution in [2.75, 3.05) is 41.8 Å². The van der Waals surface area contributed by atoms with Crippen LogP contribution < -0.4 is 15.5 Å². The summed E-state index contributed by atoms with van der Waals surface area (Å²) in [5.41, 5.74) is 3.33. The smallest absolute Gasteiger partial charge is 0.231 e. The maximum absolute atomic E-state index is 6.58. The summed E-state index contributed by atoms with van der Waals surface area (Å²) in [5.74, 6) is 1.25. The lowest BCUT2D eigenvalue weighted by Gasteiger charge is -2.29. The maximum atomic E-state index is 6.58. The van der Waals surface area contributed by atoms with Crippen LogP contribution in [0.15, 0.2) is 24.5 Å². The zero-order valence-electron chi connectivity index (χ0n) is 16.8. The molecule has 1 saturated carbocycles. The SMILES string of the molecule is Clc1cc(N2CCOCC2)ccc1Nc1nc(NC2CCCCC2)c2nc[nH]c2n1. The van der Waals surface area contributed by atoms with E-state index in [0.29, 0.717) is 22.7 Å². The molecule has 3 aromatic rings. The second-order valence-corrected chi connectivity index (χ2v) is 8.27. The van der Waals surface area contributed by atoms with E-state index in [1.807, 2.05) is 12.1 Å². The molecule has 30 heavy (non-hydrogen) atoms. The highest BCUT2D eigenvalue weighted by molar-refractivity contribution is 6.33. The van der Waals surface area contributed by atoms with Gasteiger partial charge in [-0.05, 0) is 31.0 Å². The molecule has 158 valence electrons. The van der Waals surface area contributed by atoms with Crippen LogP contribution in [-0.4, -0.2) is 52.3 Å². The van der Waals surface area contributed by atoms with Crippen molar-refractivity contribution in [3.63, 3.8) is 0 Å². The van der Waals surface area contributed by atoms with Crippen molar-refractivity contribution in [2.45, 2.75) is 38.1 Å².